The van der Waals surface area contributed by atoms with Gasteiger partial charge in [-0.15, -0.1) is 0 Å². The monoisotopic (exact) mass is 311 g/mol. The zero-order chi connectivity index (χ0) is 17.1. The van der Waals surface area contributed by atoms with Gasteiger partial charge in [0, 0.05) is 6.07 Å². The zero-order valence-electron chi connectivity index (χ0n) is 14.0. The second-order valence-corrected chi connectivity index (χ2v) is 6.21. The van der Waals surface area contributed by atoms with E-state index < -0.39 is 23.2 Å². The highest BCUT2D eigenvalue weighted by molar-refractivity contribution is 5.73. The molecular weight excluding hydrogens is 286 g/mol. The van der Waals surface area contributed by atoms with Gasteiger partial charge in [0.25, 0.3) is 5.56 Å². The number of rotatable bonds is 6. The van der Waals surface area contributed by atoms with Crippen molar-refractivity contribution in [2.75, 3.05) is 6.61 Å². The highest BCUT2D eigenvalue weighted by atomic mass is 16.5. The Bertz CT molecular complexity index is 583. The molecule has 0 amide bonds. The molecule has 0 bridgehead atoms. The van der Waals surface area contributed by atoms with Crippen LogP contribution in [0.15, 0.2) is 23.1 Å². The fourth-order valence-corrected chi connectivity index (χ4v) is 1.64. The molecular formula is C16H25NO5. The number of nitrogens with zero attached hydrogens (tertiary/aromatic N) is 1. The second-order valence-electron chi connectivity index (χ2n) is 6.21. The highest BCUT2D eigenvalue weighted by Crippen LogP contribution is 2.27. The minimum absolute atomic E-state index is 0.250. The van der Waals surface area contributed by atoms with Crippen LogP contribution in [0, 0.1) is 0 Å². The van der Waals surface area contributed by atoms with Crippen LogP contribution < -0.4 is 10.3 Å². The van der Waals surface area contributed by atoms with Crippen molar-refractivity contribution in [3.05, 3.63) is 28.7 Å². The van der Waals surface area contributed by atoms with Gasteiger partial charge in [0.15, 0.2) is 0 Å². The van der Waals surface area contributed by atoms with E-state index >= 15 is 0 Å². The molecule has 0 radical (unpaired) electrons. The summed E-state index contributed by atoms with van der Waals surface area (Å²) in [7, 11) is 0. The summed E-state index contributed by atoms with van der Waals surface area (Å²) in [4.78, 5) is 23.7. The van der Waals surface area contributed by atoms with Crippen molar-refractivity contribution >= 4 is 5.97 Å². The Kier molecular flexibility index (Phi) is 5.40. The highest BCUT2D eigenvalue weighted by Gasteiger charge is 2.37. The third-order valence-corrected chi connectivity index (χ3v) is 3.80. The van der Waals surface area contributed by atoms with Crippen molar-refractivity contribution in [1.29, 1.82) is 0 Å². The fourth-order valence-electron chi connectivity index (χ4n) is 1.64. The molecule has 1 aromatic heterocycles. The Hall–Kier alpha value is -1.82. The number of carbonyl (C=O) groups is 1. The third-order valence-electron chi connectivity index (χ3n) is 3.80. The average Bonchev–Trinajstić information content (AvgIpc) is 2.39. The van der Waals surface area contributed by atoms with Gasteiger partial charge in [-0.05, 0) is 47.6 Å². The topological polar surface area (TPSA) is 77.8 Å². The van der Waals surface area contributed by atoms with Crippen LogP contribution in [0.25, 0.3) is 0 Å². The molecule has 6 heteroatoms. The molecule has 0 aliphatic rings. The number of ether oxygens (including phenoxy) is 2. The normalized spacial score (nSPS) is 13.6. The number of hydrogen-bond donors (Lipinski definition) is 1. The minimum atomic E-state index is -1.08. The molecule has 22 heavy (non-hydrogen) atoms. The lowest BCUT2D eigenvalue weighted by molar-refractivity contribution is -0.146. The Morgan fingerprint density at radius 3 is 2.41 bits per heavy atom. The van der Waals surface area contributed by atoms with Gasteiger partial charge in [0.2, 0.25) is 0 Å². The van der Waals surface area contributed by atoms with E-state index in [4.69, 9.17) is 9.47 Å². The second kappa shape index (κ2) is 6.52. The molecule has 1 atom stereocenters. The van der Waals surface area contributed by atoms with Crippen LogP contribution in [0.4, 0.5) is 0 Å². The molecule has 0 saturated carbocycles. The van der Waals surface area contributed by atoms with Crippen molar-refractivity contribution in [3.8, 4) is 5.75 Å². The molecule has 0 aliphatic carbocycles. The Morgan fingerprint density at radius 2 is 1.91 bits per heavy atom. The van der Waals surface area contributed by atoms with Crippen LogP contribution in [0.1, 0.15) is 47.6 Å². The van der Waals surface area contributed by atoms with Crippen molar-refractivity contribution in [2.24, 2.45) is 0 Å². The quantitative estimate of drug-likeness (QED) is 0.812. The van der Waals surface area contributed by atoms with E-state index in [1.807, 2.05) is 0 Å². The van der Waals surface area contributed by atoms with Crippen LogP contribution in [-0.4, -0.2) is 33.5 Å². The predicted octanol–water partition coefficient (Wildman–Crippen LogP) is 1.90. The van der Waals surface area contributed by atoms with E-state index in [-0.39, 0.29) is 12.2 Å². The van der Waals surface area contributed by atoms with Crippen molar-refractivity contribution in [1.82, 2.24) is 4.57 Å². The lowest BCUT2D eigenvalue weighted by Crippen LogP contribution is -2.49. The standard InChI is InChI=1S/C16H25NO5/c1-7-21-14(19)11(2)17-10-12(8-9-13(17)18)22-16(5,6)15(3,4)20/h8-11,20H,7H2,1-6H3. The first-order chi connectivity index (χ1) is 9.99. The summed E-state index contributed by atoms with van der Waals surface area (Å²) in [5.74, 6) is -0.0913. The Labute approximate surface area is 130 Å². The molecule has 124 valence electrons. The summed E-state index contributed by atoms with van der Waals surface area (Å²) < 4.78 is 12.0. The minimum Gasteiger partial charge on any atom is -0.483 e. The van der Waals surface area contributed by atoms with Gasteiger partial charge in [0.1, 0.15) is 17.4 Å². The van der Waals surface area contributed by atoms with E-state index in [1.165, 1.54) is 22.9 Å². The van der Waals surface area contributed by atoms with E-state index in [0.29, 0.717) is 5.75 Å². The lowest BCUT2D eigenvalue weighted by Gasteiger charge is -2.37. The summed E-state index contributed by atoms with van der Waals surface area (Å²) in [6, 6.07) is 2.09. The first kappa shape index (κ1) is 18.2. The van der Waals surface area contributed by atoms with Gasteiger partial charge in [-0.3, -0.25) is 9.36 Å². The van der Waals surface area contributed by atoms with E-state index in [0.717, 1.165) is 0 Å². The number of carbonyl (C=O) groups excluding carboxylic acids is 1. The van der Waals surface area contributed by atoms with Crippen LogP contribution in [0.5, 0.6) is 5.75 Å². The number of aromatic nitrogens is 1. The summed E-state index contributed by atoms with van der Waals surface area (Å²) in [6.07, 6.45) is 1.46. The van der Waals surface area contributed by atoms with Gasteiger partial charge in [-0.1, -0.05) is 0 Å². The molecule has 1 N–H and O–H groups in total. The maximum atomic E-state index is 11.9. The SMILES string of the molecule is CCOC(=O)C(C)n1cc(OC(C)(C)C(C)(C)O)ccc1=O. The molecule has 0 fully saturated rings. The average molecular weight is 311 g/mol. The van der Waals surface area contributed by atoms with Gasteiger partial charge in [0.05, 0.1) is 18.4 Å². The molecule has 1 heterocycles. The maximum absolute atomic E-state index is 11.9. The molecule has 0 aromatic carbocycles. The Morgan fingerprint density at radius 1 is 1.32 bits per heavy atom. The van der Waals surface area contributed by atoms with E-state index in [1.54, 1.807) is 41.5 Å². The molecule has 0 spiro atoms. The number of pyridine rings is 1. The van der Waals surface area contributed by atoms with Gasteiger partial charge < -0.3 is 14.6 Å². The Balaban J connectivity index is 3.10. The predicted molar refractivity (Wildman–Crippen MR) is 83.1 cm³/mol. The molecule has 0 aliphatic heterocycles. The summed E-state index contributed by atoms with van der Waals surface area (Å²) in [5.41, 5.74) is -2.28. The third kappa shape index (κ3) is 4.10. The fraction of sp³-hybridized carbons (Fsp3) is 0.625. The maximum Gasteiger partial charge on any atom is 0.328 e. The number of aliphatic hydroxyl groups is 1. The van der Waals surface area contributed by atoms with Gasteiger partial charge in [-0.25, -0.2) is 4.79 Å². The van der Waals surface area contributed by atoms with Crippen molar-refractivity contribution in [3.63, 3.8) is 0 Å². The molecule has 6 nitrogen and oxygen atoms in total. The summed E-state index contributed by atoms with van der Waals surface area (Å²) in [5, 5.41) is 10.1. The summed E-state index contributed by atoms with van der Waals surface area (Å²) >= 11 is 0. The number of hydrogen-bond acceptors (Lipinski definition) is 5. The molecule has 0 saturated heterocycles. The van der Waals surface area contributed by atoms with Crippen LogP contribution in [-0.2, 0) is 9.53 Å². The van der Waals surface area contributed by atoms with Crippen LogP contribution in [0.2, 0.25) is 0 Å². The van der Waals surface area contributed by atoms with Crippen LogP contribution >= 0.6 is 0 Å². The van der Waals surface area contributed by atoms with E-state index in [9.17, 15) is 14.7 Å². The van der Waals surface area contributed by atoms with Crippen molar-refractivity contribution in [2.45, 2.75) is 58.8 Å². The largest absolute Gasteiger partial charge is 0.483 e. The van der Waals surface area contributed by atoms with Gasteiger partial charge in [-0.2, -0.15) is 0 Å². The van der Waals surface area contributed by atoms with Crippen LogP contribution in [0.3, 0.4) is 0 Å². The number of esters is 1. The first-order valence-corrected chi connectivity index (χ1v) is 7.30. The lowest BCUT2D eigenvalue weighted by atomic mass is 9.89. The van der Waals surface area contributed by atoms with Gasteiger partial charge >= 0.3 is 5.97 Å². The summed E-state index contributed by atoms with van der Waals surface area (Å²) in [6.45, 7) is 10.3. The first-order valence-electron chi connectivity index (χ1n) is 7.30. The zero-order valence-corrected chi connectivity index (χ0v) is 14.0. The van der Waals surface area contributed by atoms with E-state index in [2.05, 4.69) is 0 Å². The molecule has 1 aromatic rings. The van der Waals surface area contributed by atoms with Crippen molar-refractivity contribution < 1.29 is 19.4 Å². The smallest absolute Gasteiger partial charge is 0.328 e. The molecule has 1 rings (SSSR count). The molecule has 1 unspecified atom stereocenters.